The summed E-state index contributed by atoms with van der Waals surface area (Å²) in [6.07, 6.45) is 1.41. The first-order valence-electron chi connectivity index (χ1n) is 8.03. The standard InChI is InChI=1S/C19H21FN2O.ClH/c20-17-9-5-4-8-16(17)18(12-14-6-2-1-3-7-14)22-19(23)15-10-11-21-13-15;/h1-9,15,18,21H,10-13H2,(H,22,23);1H. The van der Waals surface area contributed by atoms with Crippen LogP contribution in [0.2, 0.25) is 0 Å². The fraction of sp³-hybridized carbons (Fsp3) is 0.316. The third-order valence-electron chi connectivity index (χ3n) is 4.31. The van der Waals surface area contributed by atoms with Crippen molar-refractivity contribution in [3.63, 3.8) is 0 Å². The summed E-state index contributed by atoms with van der Waals surface area (Å²) in [7, 11) is 0. The predicted molar refractivity (Wildman–Crippen MR) is 95.7 cm³/mol. The summed E-state index contributed by atoms with van der Waals surface area (Å²) in [5, 5.41) is 6.24. The third kappa shape index (κ3) is 4.56. The van der Waals surface area contributed by atoms with Crippen LogP contribution >= 0.6 is 12.4 Å². The van der Waals surface area contributed by atoms with E-state index in [9.17, 15) is 9.18 Å². The van der Waals surface area contributed by atoms with E-state index in [1.54, 1.807) is 18.2 Å². The number of halogens is 2. The van der Waals surface area contributed by atoms with E-state index in [0.29, 0.717) is 18.5 Å². The fourth-order valence-electron chi connectivity index (χ4n) is 3.01. The van der Waals surface area contributed by atoms with Crippen LogP contribution < -0.4 is 10.6 Å². The molecule has 1 aliphatic heterocycles. The van der Waals surface area contributed by atoms with Crippen LogP contribution in [0.15, 0.2) is 54.6 Å². The first kappa shape index (κ1) is 18.4. The molecular formula is C19H22ClFN2O. The molecule has 1 aliphatic rings. The van der Waals surface area contributed by atoms with E-state index < -0.39 is 0 Å². The van der Waals surface area contributed by atoms with Crippen LogP contribution in [0.4, 0.5) is 4.39 Å². The number of carbonyl (C=O) groups excluding carboxylic acids is 1. The molecule has 1 fully saturated rings. The van der Waals surface area contributed by atoms with Crippen molar-refractivity contribution in [1.82, 2.24) is 10.6 Å². The van der Waals surface area contributed by atoms with Crippen molar-refractivity contribution in [2.45, 2.75) is 18.9 Å². The highest BCUT2D eigenvalue weighted by Crippen LogP contribution is 2.22. The van der Waals surface area contributed by atoms with Gasteiger partial charge in [0.2, 0.25) is 5.91 Å². The molecular weight excluding hydrogens is 327 g/mol. The molecule has 2 atom stereocenters. The molecule has 3 rings (SSSR count). The predicted octanol–water partition coefficient (Wildman–Crippen LogP) is 3.26. The van der Waals surface area contributed by atoms with Crippen molar-refractivity contribution in [1.29, 1.82) is 0 Å². The topological polar surface area (TPSA) is 41.1 Å². The molecule has 128 valence electrons. The van der Waals surface area contributed by atoms with Crippen molar-refractivity contribution in [3.8, 4) is 0 Å². The van der Waals surface area contributed by atoms with E-state index in [2.05, 4.69) is 10.6 Å². The van der Waals surface area contributed by atoms with Gasteiger partial charge in [0.1, 0.15) is 5.82 Å². The number of benzene rings is 2. The first-order valence-corrected chi connectivity index (χ1v) is 8.03. The van der Waals surface area contributed by atoms with Gasteiger partial charge in [-0.3, -0.25) is 4.79 Å². The van der Waals surface area contributed by atoms with Crippen molar-refractivity contribution in [2.24, 2.45) is 5.92 Å². The number of rotatable bonds is 5. The zero-order valence-electron chi connectivity index (χ0n) is 13.4. The number of hydrogen-bond acceptors (Lipinski definition) is 2. The Morgan fingerprint density at radius 2 is 1.88 bits per heavy atom. The normalized spacial score (nSPS) is 17.8. The minimum absolute atomic E-state index is 0. The smallest absolute Gasteiger partial charge is 0.224 e. The summed E-state index contributed by atoms with van der Waals surface area (Å²) in [6, 6.07) is 16.2. The van der Waals surface area contributed by atoms with Gasteiger partial charge in [0.05, 0.1) is 12.0 Å². The Morgan fingerprint density at radius 1 is 1.17 bits per heavy atom. The van der Waals surface area contributed by atoms with E-state index in [4.69, 9.17) is 0 Å². The third-order valence-corrected chi connectivity index (χ3v) is 4.31. The van der Waals surface area contributed by atoms with Crippen LogP contribution in [0.25, 0.3) is 0 Å². The molecule has 1 amide bonds. The summed E-state index contributed by atoms with van der Waals surface area (Å²) in [4.78, 5) is 12.5. The molecule has 24 heavy (non-hydrogen) atoms. The van der Waals surface area contributed by atoms with E-state index in [0.717, 1.165) is 18.5 Å². The van der Waals surface area contributed by atoms with Crippen molar-refractivity contribution >= 4 is 18.3 Å². The second kappa shape index (κ2) is 8.81. The molecule has 2 unspecified atom stereocenters. The van der Waals surface area contributed by atoms with E-state index >= 15 is 0 Å². The number of amides is 1. The van der Waals surface area contributed by atoms with Gasteiger partial charge in [-0.2, -0.15) is 0 Å². The van der Waals surface area contributed by atoms with Crippen LogP contribution in [-0.2, 0) is 11.2 Å². The molecule has 0 saturated carbocycles. The van der Waals surface area contributed by atoms with E-state index in [-0.39, 0.29) is 36.1 Å². The molecule has 1 saturated heterocycles. The van der Waals surface area contributed by atoms with Gasteiger partial charge in [-0.1, -0.05) is 48.5 Å². The highest BCUT2D eigenvalue weighted by Gasteiger charge is 2.26. The Labute approximate surface area is 148 Å². The van der Waals surface area contributed by atoms with Gasteiger partial charge in [-0.15, -0.1) is 12.4 Å². The lowest BCUT2D eigenvalue weighted by Gasteiger charge is -2.22. The molecule has 0 bridgehead atoms. The Balaban J connectivity index is 0.00000208. The van der Waals surface area contributed by atoms with Gasteiger partial charge in [0, 0.05) is 12.1 Å². The zero-order chi connectivity index (χ0) is 16.1. The molecule has 2 aromatic rings. The fourth-order valence-corrected chi connectivity index (χ4v) is 3.01. The Kier molecular flexibility index (Phi) is 6.76. The second-order valence-corrected chi connectivity index (χ2v) is 5.96. The summed E-state index contributed by atoms with van der Waals surface area (Å²) in [5.74, 6) is -0.308. The molecule has 0 aliphatic carbocycles. The summed E-state index contributed by atoms with van der Waals surface area (Å²) in [6.45, 7) is 1.56. The average Bonchev–Trinajstić information content (AvgIpc) is 3.10. The van der Waals surface area contributed by atoms with Crippen molar-refractivity contribution in [3.05, 3.63) is 71.5 Å². The molecule has 5 heteroatoms. The highest BCUT2D eigenvalue weighted by atomic mass is 35.5. The number of carbonyl (C=O) groups is 1. The number of nitrogens with one attached hydrogen (secondary N) is 2. The quantitative estimate of drug-likeness (QED) is 0.870. The maximum absolute atomic E-state index is 14.2. The molecule has 2 N–H and O–H groups in total. The van der Waals surface area contributed by atoms with Gasteiger partial charge in [0.15, 0.2) is 0 Å². The minimum atomic E-state index is -0.355. The van der Waals surface area contributed by atoms with E-state index in [1.165, 1.54) is 6.07 Å². The van der Waals surface area contributed by atoms with Crippen LogP contribution in [0.3, 0.4) is 0 Å². The summed E-state index contributed by atoms with van der Waals surface area (Å²) < 4.78 is 14.2. The van der Waals surface area contributed by atoms with Crippen LogP contribution in [0, 0.1) is 11.7 Å². The molecule has 0 radical (unpaired) electrons. The zero-order valence-corrected chi connectivity index (χ0v) is 14.2. The highest BCUT2D eigenvalue weighted by molar-refractivity contribution is 5.85. The lowest BCUT2D eigenvalue weighted by atomic mass is 9.97. The van der Waals surface area contributed by atoms with Gasteiger partial charge in [0.25, 0.3) is 0 Å². The number of hydrogen-bond donors (Lipinski definition) is 2. The summed E-state index contributed by atoms with van der Waals surface area (Å²) >= 11 is 0. The minimum Gasteiger partial charge on any atom is -0.349 e. The Bertz CT molecular complexity index is 659. The van der Waals surface area contributed by atoms with Gasteiger partial charge in [-0.05, 0) is 31.0 Å². The Morgan fingerprint density at radius 3 is 2.54 bits per heavy atom. The van der Waals surface area contributed by atoms with Crippen LogP contribution in [0.1, 0.15) is 23.6 Å². The van der Waals surface area contributed by atoms with Crippen molar-refractivity contribution in [2.75, 3.05) is 13.1 Å². The second-order valence-electron chi connectivity index (χ2n) is 5.96. The summed E-state index contributed by atoms with van der Waals surface area (Å²) in [5.41, 5.74) is 1.61. The van der Waals surface area contributed by atoms with Crippen LogP contribution in [-0.4, -0.2) is 19.0 Å². The Hall–Kier alpha value is -1.91. The average molecular weight is 349 g/mol. The van der Waals surface area contributed by atoms with Crippen molar-refractivity contribution < 1.29 is 9.18 Å². The largest absolute Gasteiger partial charge is 0.349 e. The van der Waals surface area contributed by atoms with Gasteiger partial charge >= 0.3 is 0 Å². The monoisotopic (exact) mass is 348 g/mol. The molecule has 1 heterocycles. The maximum atomic E-state index is 14.2. The lowest BCUT2D eigenvalue weighted by Crippen LogP contribution is -2.36. The maximum Gasteiger partial charge on any atom is 0.224 e. The molecule has 3 nitrogen and oxygen atoms in total. The SMILES string of the molecule is Cl.O=C(NC(Cc1ccccc1)c1ccccc1F)C1CCNC1. The molecule has 0 aromatic heterocycles. The van der Waals surface area contributed by atoms with Crippen LogP contribution in [0.5, 0.6) is 0 Å². The first-order chi connectivity index (χ1) is 11.2. The molecule has 0 spiro atoms. The lowest BCUT2D eigenvalue weighted by molar-refractivity contribution is -0.125. The van der Waals surface area contributed by atoms with Gasteiger partial charge in [-0.25, -0.2) is 4.39 Å². The van der Waals surface area contributed by atoms with E-state index in [1.807, 2.05) is 30.3 Å². The van der Waals surface area contributed by atoms with Gasteiger partial charge < -0.3 is 10.6 Å². The molecule has 2 aromatic carbocycles.